The van der Waals surface area contributed by atoms with E-state index >= 15 is 0 Å². The molecule has 4 heteroatoms. The summed E-state index contributed by atoms with van der Waals surface area (Å²) in [6.45, 7) is 2.73. The number of benzene rings is 2. The Labute approximate surface area is 141 Å². The van der Waals surface area contributed by atoms with E-state index in [2.05, 4.69) is 36.5 Å². The van der Waals surface area contributed by atoms with E-state index in [-0.39, 0.29) is 5.63 Å². The zero-order valence-corrected chi connectivity index (χ0v) is 14.0. The first-order valence-corrected chi connectivity index (χ1v) is 8.13. The van der Waals surface area contributed by atoms with Crippen LogP contribution in [0.5, 0.6) is 5.75 Å². The van der Waals surface area contributed by atoms with Crippen molar-refractivity contribution in [2.45, 2.75) is 26.3 Å². The van der Waals surface area contributed by atoms with E-state index in [4.69, 9.17) is 9.15 Å². The van der Waals surface area contributed by atoms with Gasteiger partial charge in [0.1, 0.15) is 11.3 Å². The summed E-state index contributed by atoms with van der Waals surface area (Å²) >= 11 is 0. The van der Waals surface area contributed by atoms with Crippen molar-refractivity contribution in [2.75, 3.05) is 12.4 Å². The van der Waals surface area contributed by atoms with Crippen molar-refractivity contribution >= 4 is 16.7 Å². The van der Waals surface area contributed by atoms with Gasteiger partial charge in [-0.25, -0.2) is 4.79 Å². The SMILES string of the molecule is CCCc1ccc(NCc2cc(=O)oc3cc(OC)ccc23)cc1. The molecule has 3 aromatic rings. The average molecular weight is 323 g/mol. The van der Waals surface area contributed by atoms with Gasteiger partial charge in [0.15, 0.2) is 0 Å². The fourth-order valence-corrected chi connectivity index (χ4v) is 2.76. The van der Waals surface area contributed by atoms with Crippen LogP contribution in [-0.4, -0.2) is 7.11 Å². The van der Waals surface area contributed by atoms with E-state index in [0.717, 1.165) is 29.5 Å². The van der Waals surface area contributed by atoms with Gasteiger partial charge in [0, 0.05) is 29.8 Å². The molecule has 0 bridgehead atoms. The first kappa shape index (κ1) is 16.1. The molecule has 0 aliphatic rings. The van der Waals surface area contributed by atoms with Crippen LogP contribution in [0.4, 0.5) is 5.69 Å². The van der Waals surface area contributed by atoms with Crippen molar-refractivity contribution in [3.63, 3.8) is 0 Å². The van der Waals surface area contributed by atoms with Crippen LogP contribution in [-0.2, 0) is 13.0 Å². The van der Waals surface area contributed by atoms with Crippen LogP contribution in [0, 0.1) is 0 Å². The second kappa shape index (κ2) is 7.21. The van der Waals surface area contributed by atoms with Crippen molar-refractivity contribution in [1.82, 2.24) is 0 Å². The molecule has 1 heterocycles. The lowest BCUT2D eigenvalue weighted by atomic mass is 10.1. The van der Waals surface area contributed by atoms with Crippen molar-refractivity contribution in [3.05, 3.63) is 70.1 Å². The average Bonchev–Trinajstić information content (AvgIpc) is 2.60. The molecule has 0 unspecified atom stereocenters. The Bertz CT molecular complexity index is 882. The van der Waals surface area contributed by atoms with E-state index in [1.807, 2.05) is 12.1 Å². The Morgan fingerprint density at radius 3 is 2.58 bits per heavy atom. The molecule has 2 aromatic carbocycles. The third kappa shape index (κ3) is 3.59. The van der Waals surface area contributed by atoms with E-state index in [1.54, 1.807) is 13.2 Å². The highest BCUT2D eigenvalue weighted by Gasteiger charge is 2.07. The molecule has 124 valence electrons. The van der Waals surface area contributed by atoms with Crippen molar-refractivity contribution in [1.29, 1.82) is 0 Å². The molecular formula is C20H21NO3. The molecular weight excluding hydrogens is 302 g/mol. The molecule has 24 heavy (non-hydrogen) atoms. The van der Waals surface area contributed by atoms with E-state index in [0.29, 0.717) is 17.9 Å². The number of fused-ring (bicyclic) bond motifs is 1. The summed E-state index contributed by atoms with van der Waals surface area (Å²) in [7, 11) is 1.59. The Kier molecular flexibility index (Phi) is 4.85. The van der Waals surface area contributed by atoms with Gasteiger partial charge in [0.25, 0.3) is 0 Å². The molecule has 0 fully saturated rings. The Hall–Kier alpha value is -2.75. The number of nitrogens with one attached hydrogen (secondary N) is 1. The zero-order valence-electron chi connectivity index (χ0n) is 14.0. The maximum absolute atomic E-state index is 11.8. The van der Waals surface area contributed by atoms with E-state index < -0.39 is 0 Å². The molecule has 4 nitrogen and oxygen atoms in total. The first-order chi connectivity index (χ1) is 11.7. The molecule has 0 saturated carbocycles. The van der Waals surface area contributed by atoms with Crippen LogP contribution < -0.4 is 15.7 Å². The second-order valence-electron chi connectivity index (χ2n) is 5.75. The molecule has 0 aliphatic carbocycles. The topological polar surface area (TPSA) is 51.5 Å². The summed E-state index contributed by atoms with van der Waals surface area (Å²) < 4.78 is 10.5. The van der Waals surface area contributed by atoms with Gasteiger partial charge in [0.2, 0.25) is 0 Å². The number of methoxy groups -OCH3 is 1. The number of ether oxygens (including phenoxy) is 1. The first-order valence-electron chi connectivity index (χ1n) is 8.13. The largest absolute Gasteiger partial charge is 0.497 e. The molecule has 0 amide bonds. The van der Waals surface area contributed by atoms with Crippen LogP contribution in [0.2, 0.25) is 0 Å². The van der Waals surface area contributed by atoms with Gasteiger partial charge < -0.3 is 14.5 Å². The number of hydrogen-bond acceptors (Lipinski definition) is 4. The predicted octanol–water partition coefficient (Wildman–Crippen LogP) is 4.37. The Morgan fingerprint density at radius 1 is 1.08 bits per heavy atom. The van der Waals surface area contributed by atoms with Gasteiger partial charge in [-0.1, -0.05) is 25.5 Å². The fourth-order valence-electron chi connectivity index (χ4n) is 2.76. The van der Waals surface area contributed by atoms with Crippen LogP contribution in [0.1, 0.15) is 24.5 Å². The zero-order chi connectivity index (χ0) is 16.9. The van der Waals surface area contributed by atoms with Gasteiger partial charge >= 0.3 is 5.63 Å². The summed E-state index contributed by atoms with van der Waals surface area (Å²) in [5.41, 5.74) is 3.45. The maximum Gasteiger partial charge on any atom is 0.336 e. The number of aryl methyl sites for hydroxylation is 1. The van der Waals surface area contributed by atoms with E-state index in [9.17, 15) is 4.79 Å². The molecule has 0 saturated heterocycles. The monoisotopic (exact) mass is 323 g/mol. The highest BCUT2D eigenvalue weighted by atomic mass is 16.5. The van der Waals surface area contributed by atoms with Crippen molar-refractivity contribution in [2.24, 2.45) is 0 Å². The predicted molar refractivity (Wildman–Crippen MR) is 96.8 cm³/mol. The minimum absolute atomic E-state index is 0.356. The smallest absolute Gasteiger partial charge is 0.336 e. The van der Waals surface area contributed by atoms with Gasteiger partial charge in [-0.3, -0.25) is 0 Å². The molecule has 3 rings (SSSR count). The summed E-state index contributed by atoms with van der Waals surface area (Å²) in [5.74, 6) is 0.669. The molecule has 0 radical (unpaired) electrons. The number of rotatable bonds is 6. The third-order valence-corrected chi connectivity index (χ3v) is 4.01. The van der Waals surface area contributed by atoms with E-state index in [1.165, 1.54) is 11.6 Å². The highest BCUT2D eigenvalue weighted by Crippen LogP contribution is 2.23. The molecule has 0 spiro atoms. The van der Waals surface area contributed by atoms with Crippen LogP contribution in [0.3, 0.4) is 0 Å². The Morgan fingerprint density at radius 2 is 1.88 bits per heavy atom. The van der Waals surface area contributed by atoms with Crippen molar-refractivity contribution in [3.8, 4) is 5.75 Å². The minimum atomic E-state index is -0.356. The quantitative estimate of drug-likeness (QED) is 0.685. The maximum atomic E-state index is 11.8. The fraction of sp³-hybridized carbons (Fsp3) is 0.250. The summed E-state index contributed by atoms with van der Waals surface area (Å²) in [6, 6.07) is 15.5. The summed E-state index contributed by atoms with van der Waals surface area (Å²) in [4.78, 5) is 11.8. The van der Waals surface area contributed by atoms with Crippen LogP contribution in [0.15, 0.2) is 57.7 Å². The van der Waals surface area contributed by atoms with Gasteiger partial charge in [0.05, 0.1) is 7.11 Å². The lowest BCUT2D eigenvalue weighted by Gasteiger charge is -2.10. The van der Waals surface area contributed by atoms with Crippen molar-refractivity contribution < 1.29 is 9.15 Å². The minimum Gasteiger partial charge on any atom is -0.497 e. The number of anilines is 1. The molecule has 0 aliphatic heterocycles. The summed E-state index contributed by atoms with van der Waals surface area (Å²) in [5, 5.41) is 4.27. The van der Waals surface area contributed by atoms with Gasteiger partial charge in [-0.15, -0.1) is 0 Å². The standard InChI is InChI=1S/C20H21NO3/c1-3-4-14-5-7-16(8-6-14)21-13-15-11-20(22)24-19-12-17(23-2)9-10-18(15)19/h5-12,21H,3-4,13H2,1-2H3. The lowest BCUT2D eigenvalue weighted by molar-refractivity contribution is 0.414. The molecule has 0 atom stereocenters. The second-order valence-corrected chi connectivity index (χ2v) is 5.75. The van der Waals surface area contributed by atoms with Gasteiger partial charge in [-0.2, -0.15) is 0 Å². The van der Waals surface area contributed by atoms with Gasteiger partial charge in [-0.05, 0) is 41.8 Å². The lowest BCUT2D eigenvalue weighted by Crippen LogP contribution is -2.06. The Balaban J connectivity index is 1.83. The third-order valence-electron chi connectivity index (χ3n) is 4.01. The molecule has 1 aromatic heterocycles. The van der Waals surface area contributed by atoms with Crippen LogP contribution >= 0.6 is 0 Å². The van der Waals surface area contributed by atoms with Crippen LogP contribution in [0.25, 0.3) is 11.0 Å². The highest BCUT2D eigenvalue weighted by molar-refractivity contribution is 5.81. The normalized spacial score (nSPS) is 10.8. The number of hydrogen-bond donors (Lipinski definition) is 1. The molecule has 1 N–H and O–H groups in total. The summed E-state index contributed by atoms with van der Waals surface area (Å²) in [6.07, 6.45) is 2.23.